The number of fused-ring (bicyclic) bond motifs is 1. The third-order valence-corrected chi connectivity index (χ3v) is 4.41. The summed E-state index contributed by atoms with van der Waals surface area (Å²) in [5.74, 6) is 1.68. The lowest BCUT2D eigenvalue weighted by atomic mass is 9.69. The van der Waals surface area contributed by atoms with Crippen LogP contribution < -0.4 is 19.5 Å². The van der Waals surface area contributed by atoms with Gasteiger partial charge in [0.05, 0.1) is 6.61 Å². The maximum Gasteiger partial charge on any atom is 0.260 e. The van der Waals surface area contributed by atoms with Gasteiger partial charge in [-0.25, -0.2) is 0 Å². The first-order valence-corrected chi connectivity index (χ1v) is 7.57. The Morgan fingerprint density at radius 2 is 2.18 bits per heavy atom. The van der Waals surface area contributed by atoms with Crippen LogP contribution in [0.5, 0.6) is 17.2 Å². The van der Waals surface area contributed by atoms with Gasteiger partial charge in [0.25, 0.3) is 5.91 Å². The van der Waals surface area contributed by atoms with Gasteiger partial charge in [-0.2, -0.15) is 0 Å². The molecular formula is C16H21NO5. The van der Waals surface area contributed by atoms with Gasteiger partial charge in [-0.15, -0.1) is 0 Å². The zero-order valence-electron chi connectivity index (χ0n) is 12.6. The third-order valence-electron chi connectivity index (χ3n) is 4.41. The van der Waals surface area contributed by atoms with E-state index in [4.69, 9.17) is 14.2 Å². The standard InChI is InChI=1S/C16H21NO5/c1-11(15(19)17-8-16(9-18)5-2-6-16)22-12-3-4-13-14(7-12)21-10-20-13/h3-4,7,11,18H,2,5-6,8-10H2,1H3,(H,17,19). The van der Waals surface area contributed by atoms with Gasteiger partial charge in [-0.3, -0.25) is 4.79 Å². The highest BCUT2D eigenvalue weighted by Gasteiger charge is 2.36. The van der Waals surface area contributed by atoms with Gasteiger partial charge in [-0.1, -0.05) is 6.42 Å². The molecule has 6 heteroatoms. The predicted molar refractivity (Wildman–Crippen MR) is 79.0 cm³/mol. The number of amides is 1. The molecule has 1 fully saturated rings. The van der Waals surface area contributed by atoms with E-state index in [0.717, 1.165) is 19.3 Å². The molecule has 6 nitrogen and oxygen atoms in total. The van der Waals surface area contributed by atoms with Crippen LogP contribution in [0.2, 0.25) is 0 Å². The second kappa shape index (κ2) is 6.04. The maximum atomic E-state index is 12.1. The monoisotopic (exact) mass is 307 g/mol. The highest BCUT2D eigenvalue weighted by molar-refractivity contribution is 5.80. The molecule has 22 heavy (non-hydrogen) atoms. The number of nitrogens with one attached hydrogen (secondary N) is 1. The van der Waals surface area contributed by atoms with Crippen LogP contribution in [0.3, 0.4) is 0 Å². The smallest absolute Gasteiger partial charge is 0.260 e. The molecule has 0 bridgehead atoms. The number of hydrogen-bond donors (Lipinski definition) is 2. The topological polar surface area (TPSA) is 77.0 Å². The zero-order valence-corrected chi connectivity index (χ0v) is 12.6. The molecule has 3 rings (SSSR count). The van der Waals surface area contributed by atoms with Crippen molar-refractivity contribution in [2.45, 2.75) is 32.3 Å². The van der Waals surface area contributed by atoms with Crippen molar-refractivity contribution in [2.24, 2.45) is 5.41 Å². The molecule has 0 radical (unpaired) electrons. The van der Waals surface area contributed by atoms with Crippen LogP contribution in [0, 0.1) is 5.41 Å². The van der Waals surface area contributed by atoms with Gasteiger partial charge in [-0.05, 0) is 31.9 Å². The minimum Gasteiger partial charge on any atom is -0.481 e. The fourth-order valence-corrected chi connectivity index (χ4v) is 2.69. The quantitative estimate of drug-likeness (QED) is 0.832. The summed E-state index contributed by atoms with van der Waals surface area (Å²) in [7, 11) is 0. The summed E-state index contributed by atoms with van der Waals surface area (Å²) in [6.07, 6.45) is 2.42. The highest BCUT2D eigenvalue weighted by Crippen LogP contribution is 2.39. The number of benzene rings is 1. The van der Waals surface area contributed by atoms with Crippen molar-refractivity contribution in [2.75, 3.05) is 19.9 Å². The van der Waals surface area contributed by atoms with Crippen molar-refractivity contribution in [1.29, 1.82) is 0 Å². The number of aliphatic hydroxyl groups excluding tert-OH is 1. The molecule has 0 saturated heterocycles. The van der Waals surface area contributed by atoms with Crippen LogP contribution in [0.1, 0.15) is 26.2 Å². The highest BCUT2D eigenvalue weighted by atomic mass is 16.7. The minimum atomic E-state index is -0.615. The Balaban J connectivity index is 1.52. The second-order valence-electron chi connectivity index (χ2n) is 6.00. The number of carbonyl (C=O) groups excluding carboxylic acids is 1. The summed E-state index contributed by atoms with van der Waals surface area (Å²) < 4.78 is 16.2. The molecule has 1 aliphatic carbocycles. The van der Waals surface area contributed by atoms with E-state index >= 15 is 0 Å². The van der Waals surface area contributed by atoms with E-state index in [9.17, 15) is 9.90 Å². The Labute approximate surface area is 129 Å². The van der Waals surface area contributed by atoms with Crippen molar-refractivity contribution < 1.29 is 24.1 Å². The van der Waals surface area contributed by atoms with E-state index in [1.54, 1.807) is 25.1 Å². The molecule has 1 amide bonds. The van der Waals surface area contributed by atoms with E-state index in [2.05, 4.69) is 5.32 Å². The zero-order chi connectivity index (χ0) is 15.6. The first kappa shape index (κ1) is 15.0. The molecular weight excluding hydrogens is 286 g/mol. The van der Waals surface area contributed by atoms with E-state index in [-0.39, 0.29) is 24.7 Å². The Morgan fingerprint density at radius 1 is 1.41 bits per heavy atom. The number of aliphatic hydroxyl groups is 1. The lowest BCUT2D eigenvalue weighted by Crippen LogP contribution is -2.47. The van der Waals surface area contributed by atoms with Crippen molar-refractivity contribution in [1.82, 2.24) is 5.32 Å². The average Bonchev–Trinajstić information content (AvgIpc) is 2.93. The predicted octanol–water partition coefficient (Wildman–Crippen LogP) is 1.46. The molecule has 1 heterocycles. The molecule has 1 atom stereocenters. The van der Waals surface area contributed by atoms with Gasteiger partial charge in [0.15, 0.2) is 17.6 Å². The summed E-state index contributed by atoms with van der Waals surface area (Å²) in [6.45, 7) is 2.52. The Morgan fingerprint density at radius 3 is 2.86 bits per heavy atom. The lowest BCUT2D eigenvalue weighted by molar-refractivity contribution is -0.128. The molecule has 2 N–H and O–H groups in total. The third kappa shape index (κ3) is 2.97. The minimum absolute atomic E-state index is 0.116. The Bertz CT molecular complexity index is 550. The van der Waals surface area contributed by atoms with Crippen molar-refractivity contribution in [3.8, 4) is 17.2 Å². The number of hydrogen-bond acceptors (Lipinski definition) is 5. The van der Waals surface area contributed by atoms with Crippen LogP contribution >= 0.6 is 0 Å². The van der Waals surface area contributed by atoms with E-state index < -0.39 is 6.10 Å². The van der Waals surface area contributed by atoms with Crippen LogP contribution in [-0.2, 0) is 4.79 Å². The molecule has 2 aliphatic rings. The first-order chi connectivity index (χ1) is 10.6. The average molecular weight is 307 g/mol. The van der Waals surface area contributed by atoms with Gasteiger partial charge in [0, 0.05) is 18.0 Å². The first-order valence-electron chi connectivity index (χ1n) is 7.57. The molecule has 1 aromatic carbocycles. The van der Waals surface area contributed by atoms with Crippen LogP contribution in [-0.4, -0.2) is 37.1 Å². The van der Waals surface area contributed by atoms with Crippen molar-refractivity contribution in [3.63, 3.8) is 0 Å². The van der Waals surface area contributed by atoms with Gasteiger partial charge in [0.2, 0.25) is 6.79 Å². The number of rotatable bonds is 6. The largest absolute Gasteiger partial charge is 0.481 e. The molecule has 1 unspecified atom stereocenters. The van der Waals surface area contributed by atoms with Crippen LogP contribution in [0.25, 0.3) is 0 Å². The molecule has 1 aromatic rings. The fourth-order valence-electron chi connectivity index (χ4n) is 2.69. The maximum absolute atomic E-state index is 12.1. The van der Waals surface area contributed by atoms with Gasteiger partial charge >= 0.3 is 0 Å². The van der Waals surface area contributed by atoms with Crippen molar-refractivity contribution in [3.05, 3.63) is 18.2 Å². The summed E-state index contributed by atoms with van der Waals surface area (Å²) in [5.41, 5.74) is -0.131. The number of carbonyl (C=O) groups is 1. The molecule has 0 aromatic heterocycles. The fraction of sp³-hybridized carbons (Fsp3) is 0.562. The normalized spacial score (nSPS) is 19.2. The van der Waals surface area contributed by atoms with E-state index in [0.29, 0.717) is 23.8 Å². The molecule has 0 spiro atoms. The second-order valence-corrected chi connectivity index (χ2v) is 6.00. The van der Waals surface area contributed by atoms with Crippen LogP contribution in [0.15, 0.2) is 18.2 Å². The Kier molecular flexibility index (Phi) is 4.11. The lowest BCUT2D eigenvalue weighted by Gasteiger charge is -2.40. The summed E-state index contributed by atoms with van der Waals surface area (Å²) in [5, 5.41) is 12.3. The summed E-state index contributed by atoms with van der Waals surface area (Å²) in [6, 6.07) is 5.23. The summed E-state index contributed by atoms with van der Waals surface area (Å²) >= 11 is 0. The van der Waals surface area contributed by atoms with E-state index in [1.165, 1.54) is 0 Å². The number of ether oxygens (including phenoxy) is 3. The van der Waals surface area contributed by atoms with Crippen molar-refractivity contribution >= 4 is 5.91 Å². The molecule has 120 valence electrons. The van der Waals surface area contributed by atoms with Gasteiger partial charge < -0.3 is 24.6 Å². The molecule has 1 aliphatic heterocycles. The molecule has 1 saturated carbocycles. The summed E-state index contributed by atoms with van der Waals surface area (Å²) in [4.78, 5) is 12.1. The SMILES string of the molecule is CC(Oc1ccc2c(c1)OCO2)C(=O)NCC1(CO)CCC1. The van der Waals surface area contributed by atoms with Crippen LogP contribution in [0.4, 0.5) is 0 Å². The van der Waals surface area contributed by atoms with Gasteiger partial charge in [0.1, 0.15) is 5.75 Å². The van der Waals surface area contributed by atoms with E-state index in [1.807, 2.05) is 0 Å². The Hall–Kier alpha value is -1.95.